The van der Waals surface area contributed by atoms with Crippen LogP contribution in [-0.4, -0.2) is 54.1 Å². The van der Waals surface area contributed by atoms with E-state index in [0.717, 1.165) is 18.4 Å². The maximum Gasteiger partial charge on any atom is 0.410 e. The van der Waals surface area contributed by atoms with Gasteiger partial charge in [0, 0.05) is 32.2 Å². The molecule has 1 heterocycles. The number of carbonyl (C=O) groups excluding carboxylic acids is 2. The number of hydrogen-bond acceptors (Lipinski definition) is 3. The van der Waals surface area contributed by atoms with Gasteiger partial charge in [-0.25, -0.2) is 9.59 Å². The summed E-state index contributed by atoms with van der Waals surface area (Å²) in [5.41, 5.74) is 0.971. The molecule has 1 saturated heterocycles. The summed E-state index contributed by atoms with van der Waals surface area (Å²) in [4.78, 5) is 27.4. The van der Waals surface area contributed by atoms with Crippen molar-refractivity contribution in [3.8, 4) is 0 Å². The number of amides is 3. The number of carbonyl (C=O) groups is 2. The van der Waals surface area contributed by atoms with Gasteiger partial charge >= 0.3 is 12.1 Å². The molecular formula is C16H21N3O3. The third kappa shape index (κ3) is 3.90. The minimum absolute atomic E-state index is 0.0141. The normalized spacial score (nSPS) is 18.0. The highest BCUT2D eigenvalue weighted by Crippen LogP contribution is 2.19. The average Bonchev–Trinajstić information content (AvgIpc) is 3.37. The Bertz CT molecular complexity index is 523. The Hall–Kier alpha value is -2.24. The number of hydrogen-bond donors (Lipinski definition) is 1. The number of urea groups is 1. The first-order valence-corrected chi connectivity index (χ1v) is 7.73. The van der Waals surface area contributed by atoms with Gasteiger partial charge in [0.05, 0.1) is 0 Å². The third-order valence-corrected chi connectivity index (χ3v) is 3.94. The van der Waals surface area contributed by atoms with Crippen LogP contribution in [0.4, 0.5) is 9.59 Å². The Morgan fingerprint density at radius 3 is 2.32 bits per heavy atom. The van der Waals surface area contributed by atoms with Gasteiger partial charge in [-0.2, -0.15) is 0 Å². The topological polar surface area (TPSA) is 61.9 Å². The average molecular weight is 303 g/mol. The molecule has 118 valence electrons. The molecule has 1 N–H and O–H groups in total. The van der Waals surface area contributed by atoms with Gasteiger partial charge in [0.1, 0.15) is 6.61 Å². The molecule has 0 radical (unpaired) electrons. The predicted octanol–water partition coefficient (Wildman–Crippen LogP) is 1.81. The fraction of sp³-hybridized carbons (Fsp3) is 0.500. The minimum atomic E-state index is -0.314. The van der Waals surface area contributed by atoms with Crippen LogP contribution in [0.15, 0.2) is 30.3 Å². The van der Waals surface area contributed by atoms with Crippen LogP contribution >= 0.6 is 0 Å². The SMILES string of the molecule is O=C(NC1CC1)N1CCN(C(=O)OCc2ccccc2)CC1. The number of benzene rings is 1. The lowest BCUT2D eigenvalue weighted by atomic mass is 10.2. The van der Waals surface area contributed by atoms with Crippen LogP contribution in [0, 0.1) is 0 Å². The lowest BCUT2D eigenvalue weighted by molar-refractivity contribution is 0.0768. The summed E-state index contributed by atoms with van der Waals surface area (Å²) in [5, 5.41) is 2.97. The first kappa shape index (κ1) is 14.7. The van der Waals surface area contributed by atoms with Crippen molar-refractivity contribution >= 4 is 12.1 Å². The molecule has 1 aliphatic heterocycles. The van der Waals surface area contributed by atoms with Gasteiger partial charge in [-0.3, -0.25) is 0 Å². The molecule has 2 fully saturated rings. The second-order valence-electron chi connectivity index (χ2n) is 5.74. The van der Waals surface area contributed by atoms with E-state index in [2.05, 4.69) is 5.32 Å². The Labute approximate surface area is 130 Å². The highest BCUT2D eigenvalue weighted by Gasteiger charge is 2.29. The molecule has 3 rings (SSSR count). The second kappa shape index (κ2) is 6.68. The van der Waals surface area contributed by atoms with Crippen molar-refractivity contribution in [1.29, 1.82) is 0 Å². The zero-order valence-corrected chi connectivity index (χ0v) is 12.5. The molecular weight excluding hydrogens is 282 g/mol. The lowest BCUT2D eigenvalue weighted by Gasteiger charge is -2.34. The molecule has 0 unspecified atom stereocenters. The molecule has 1 aromatic rings. The quantitative estimate of drug-likeness (QED) is 0.926. The summed E-state index contributed by atoms with van der Waals surface area (Å²) >= 11 is 0. The van der Waals surface area contributed by atoms with Gasteiger partial charge in [0.2, 0.25) is 0 Å². The van der Waals surface area contributed by atoms with Crippen molar-refractivity contribution in [1.82, 2.24) is 15.1 Å². The van der Waals surface area contributed by atoms with Crippen LogP contribution in [0.25, 0.3) is 0 Å². The molecule has 22 heavy (non-hydrogen) atoms. The Morgan fingerprint density at radius 2 is 1.68 bits per heavy atom. The van der Waals surface area contributed by atoms with Crippen molar-refractivity contribution in [2.24, 2.45) is 0 Å². The lowest BCUT2D eigenvalue weighted by Crippen LogP contribution is -2.53. The molecule has 0 spiro atoms. The molecule has 0 bridgehead atoms. The monoisotopic (exact) mass is 303 g/mol. The summed E-state index contributed by atoms with van der Waals surface area (Å²) in [5.74, 6) is 0. The largest absolute Gasteiger partial charge is 0.445 e. The van der Waals surface area contributed by atoms with E-state index in [1.807, 2.05) is 30.3 Å². The maximum atomic E-state index is 12.0. The first-order valence-electron chi connectivity index (χ1n) is 7.73. The number of piperazine rings is 1. The number of nitrogens with one attached hydrogen (secondary N) is 1. The Balaban J connectivity index is 1.40. The van der Waals surface area contributed by atoms with E-state index in [1.54, 1.807) is 9.80 Å². The maximum absolute atomic E-state index is 12.0. The molecule has 1 aliphatic carbocycles. The zero-order chi connectivity index (χ0) is 15.4. The summed E-state index contributed by atoms with van der Waals surface area (Å²) in [6.07, 6.45) is 1.85. The van der Waals surface area contributed by atoms with E-state index >= 15 is 0 Å². The molecule has 2 aliphatic rings. The van der Waals surface area contributed by atoms with Crippen molar-refractivity contribution in [2.45, 2.75) is 25.5 Å². The van der Waals surface area contributed by atoms with Crippen LogP contribution in [0.1, 0.15) is 18.4 Å². The number of ether oxygens (including phenoxy) is 1. The molecule has 0 atom stereocenters. The molecule has 6 nitrogen and oxygen atoms in total. The van der Waals surface area contributed by atoms with Gasteiger partial charge in [0.15, 0.2) is 0 Å². The first-order chi connectivity index (χ1) is 10.7. The Kier molecular flexibility index (Phi) is 4.46. The Morgan fingerprint density at radius 1 is 1.05 bits per heavy atom. The number of rotatable bonds is 3. The number of nitrogens with zero attached hydrogens (tertiary/aromatic N) is 2. The molecule has 6 heteroatoms. The summed E-state index contributed by atoms with van der Waals surface area (Å²) in [6, 6.07) is 9.96. The van der Waals surface area contributed by atoms with Crippen LogP contribution in [-0.2, 0) is 11.3 Å². The van der Waals surface area contributed by atoms with E-state index in [0.29, 0.717) is 32.2 Å². The molecule has 3 amide bonds. The van der Waals surface area contributed by atoms with Crippen molar-refractivity contribution in [3.63, 3.8) is 0 Å². The fourth-order valence-corrected chi connectivity index (χ4v) is 2.40. The van der Waals surface area contributed by atoms with Gasteiger partial charge in [-0.1, -0.05) is 30.3 Å². The minimum Gasteiger partial charge on any atom is -0.445 e. The van der Waals surface area contributed by atoms with E-state index < -0.39 is 0 Å². The van der Waals surface area contributed by atoms with Crippen LogP contribution in [0.2, 0.25) is 0 Å². The molecule has 1 saturated carbocycles. The van der Waals surface area contributed by atoms with Crippen LogP contribution in [0.3, 0.4) is 0 Å². The standard InChI is InChI=1S/C16H21N3O3/c20-15(17-14-6-7-14)18-8-10-19(11-9-18)16(21)22-12-13-4-2-1-3-5-13/h1-5,14H,6-12H2,(H,17,20). The highest BCUT2D eigenvalue weighted by atomic mass is 16.6. The van der Waals surface area contributed by atoms with Crippen molar-refractivity contribution in [2.75, 3.05) is 26.2 Å². The van der Waals surface area contributed by atoms with E-state index in [4.69, 9.17) is 4.74 Å². The fourth-order valence-electron chi connectivity index (χ4n) is 2.40. The van der Waals surface area contributed by atoms with Crippen LogP contribution in [0.5, 0.6) is 0 Å². The smallest absolute Gasteiger partial charge is 0.410 e. The summed E-state index contributed by atoms with van der Waals surface area (Å²) in [6.45, 7) is 2.43. The summed E-state index contributed by atoms with van der Waals surface area (Å²) < 4.78 is 5.31. The highest BCUT2D eigenvalue weighted by molar-refractivity contribution is 5.75. The molecule has 0 aromatic heterocycles. The van der Waals surface area contributed by atoms with Gasteiger partial charge < -0.3 is 19.9 Å². The van der Waals surface area contributed by atoms with Gasteiger partial charge in [-0.15, -0.1) is 0 Å². The zero-order valence-electron chi connectivity index (χ0n) is 12.5. The van der Waals surface area contributed by atoms with Gasteiger partial charge in [0.25, 0.3) is 0 Å². The van der Waals surface area contributed by atoms with E-state index in [1.165, 1.54) is 0 Å². The van der Waals surface area contributed by atoms with Gasteiger partial charge in [-0.05, 0) is 18.4 Å². The van der Waals surface area contributed by atoms with Crippen molar-refractivity contribution < 1.29 is 14.3 Å². The summed E-state index contributed by atoms with van der Waals surface area (Å²) in [7, 11) is 0. The predicted molar refractivity (Wildman–Crippen MR) is 81.3 cm³/mol. The van der Waals surface area contributed by atoms with E-state index in [9.17, 15) is 9.59 Å². The van der Waals surface area contributed by atoms with Crippen molar-refractivity contribution in [3.05, 3.63) is 35.9 Å². The third-order valence-electron chi connectivity index (χ3n) is 3.94. The second-order valence-corrected chi connectivity index (χ2v) is 5.74. The van der Waals surface area contributed by atoms with E-state index in [-0.39, 0.29) is 18.7 Å². The molecule has 1 aromatic carbocycles. The van der Waals surface area contributed by atoms with Crippen LogP contribution < -0.4 is 5.32 Å².